The number of hydrogen-bond donors (Lipinski definition) is 0. The van der Waals surface area contributed by atoms with Gasteiger partial charge < -0.3 is 9.47 Å². The average Bonchev–Trinajstić information content (AvgIpc) is 2.59. The van der Waals surface area contributed by atoms with E-state index < -0.39 is 4.92 Å². The van der Waals surface area contributed by atoms with Crippen molar-refractivity contribution in [3.8, 4) is 17.6 Å². The molecule has 0 unspecified atom stereocenters. The van der Waals surface area contributed by atoms with E-state index in [-0.39, 0.29) is 17.0 Å². The Kier molecular flexibility index (Phi) is 5.55. The first kappa shape index (κ1) is 17.5. The molecule has 0 N–H and O–H groups in total. The van der Waals surface area contributed by atoms with Gasteiger partial charge in [0, 0.05) is 4.47 Å². The second-order valence-electron chi connectivity index (χ2n) is 4.70. The molecule has 2 rings (SSSR count). The highest BCUT2D eigenvalue weighted by Gasteiger charge is 2.19. The van der Waals surface area contributed by atoms with Gasteiger partial charge in [-0.2, -0.15) is 5.26 Å². The van der Waals surface area contributed by atoms with E-state index in [0.29, 0.717) is 16.9 Å². The van der Waals surface area contributed by atoms with Crippen molar-refractivity contribution in [3.05, 3.63) is 62.1 Å². The minimum absolute atomic E-state index is 0.169. The molecule has 0 aliphatic heterocycles. The Labute approximate surface area is 147 Å². The summed E-state index contributed by atoms with van der Waals surface area (Å²) < 4.78 is 11.1. The summed E-state index contributed by atoms with van der Waals surface area (Å²) in [6, 6.07) is 11.9. The van der Waals surface area contributed by atoms with E-state index in [0.717, 1.165) is 4.47 Å². The highest BCUT2D eigenvalue weighted by molar-refractivity contribution is 9.10. The number of allylic oxidation sites excluding steroid dienone is 1. The topological polar surface area (TPSA) is 85.4 Å². The molecule has 7 heteroatoms. The molecule has 0 radical (unpaired) electrons. The SMILES string of the molecule is COc1cc(C=C(C#N)c2ccc(Br)cc2)c([N+](=O)[O-])cc1OC. The smallest absolute Gasteiger partial charge is 0.280 e. The van der Waals surface area contributed by atoms with Crippen LogP contribution in [0.1, 0.15) is 11.1 Å². The maximum absolute atomic E-state index is 11.3. The number of methoxy groups -OCH3 is 2. The lowest BCUT2D eigenvalue weighted by atomic mass is 10.0. The van der Waals surface area contributed by atoms with Crippen LogP contribution in [0.15, 0.2) is 40.9 Å². The predicted octanol–water partition coefficient (Wildman–Crippen LogP) is 4.44. The molecule has 0 heterocycles. The van der Waals surface area contributed by atoms with E-state index in [1.54, 1.807) is 24.3 Å². The summed E-state index contributed by atoms with van der Waals surface area (Å²) in [5.41, 5.74) is 1.05. The molecular weight excluding hydrogens is 376 g/mol. The van der Waals surface area contributed by atoms with Crippen LogP contribution in [-0.2, 0) is 0 Å². The lowest BCUT2D eigenvalue weighted by Gasteiger charge is -2.09. The molecule has 122 valence electrons. The molecule has 2 aromatic rings. The Morgan fingerprint density at radius 3 is 2.29 bits per heavy atom. The minimum atomic E-state index is -0.523. The van der Waals surface area contributed by atoms with Crippen LogP contribution in [0.2, 0.25) is 0 Å². The number of rotatable bonds is 5. The molecule has 24 heavy (non-hydrogen) atoms. The van der Waals surface area contributed by atoms with Crippen molar-refractivity contribution in [1.82, 2.24) is 0 Å². The molecule has 0 saturated carbocycles. The lowest BCUT2D eigenvalue weighted by Crippen LogP contribution is -1.97. The molecule has 0 fully saturated rings. The Bertz CT molecular complexity index is 839. The number of ether oxygens (including phenoxy) is 2. The summed E-state index contributed by atoms with van der Waals surface area (Å²) in [5.74, 6) is 0.603. The van der Waals surface area contributed by atoms with Gasteiger partial charge in [0.1, 0.15) is 0 Å². The zero-order valence-corrected chi connectivity index (χ0v) is 14.5. The fraction of sp³-hybridized carbons (Fsp3) is 0.118. The fourth-order valence-electron chi connectivity index (χ4n) is 2.12. The van der Waals surface area contributed by atoms with E-state index in [1.165, 1.54) is 32.4 Å². The van der Waals surface area contributed by atoms with Gasteiger partial charge in [0.2, 0.25) is 0 Å². The maximum Gasteiger partial charge on any atom is 0.280 e. The maximum atomic E-state index is 11.3. The molecule has 0 aliphatic carbocycles. The minimum Gasteiger partial charge on any atom is -0.493 e. The van der Waals surface area contributed by atoms with Gasteiger partial charge in [0.25, 0.3) is 5.69 Å². The second kappa shape index (κ2) is 7.62. The first-order valence-electron chi connectivity index (χ1n) is 6.78. The highest BCUT2D eigenvalue weighted by atomic mass is 79.9. The van der Waals surface area contributed by atoms with Crippen molar-refractivity contribution in [3.63, 3.8) is 0 Å². The van der Waals surface area contributed by atoms with Crippen LogP contribution in [0.3, 0.4) is 0 Å². The van der Waals surface area contributed by atoms with Crippen molar-refractivity contribution < 1.29 is 14.4 Å². The van der Waals surface area contributed by atoms with Gasteiger partial charge in [-0.25, -0.2) is 0 Å². The van der Waals surface area contributed by atoms with Gasteiger partial charge in [-0.15, -0.1) is 0 Å². The lowest BCUT2D eigenvalue weighted by molar-refractivity contribution is -0.385. The second-order valence-corrected chi connectivity index (χ2v) is 5.62. The number of nitrogens with zero attached hydrogens (tertiary/aromatic N) is 2. The fourth-order valence-corrected chi connectivity index (χ4v) is 2.39. The monoisotopic (exact) mass is 388 g/mol. The summed E-state index contributed by atoms with van der Waals surface area (Å²) >= 11 is 3.33. The average molecular weight is 389 g/mol. The number of nitro benzene ring substituents is 1. The van der Waals surface area contributed by atoms with Gasteiger partial charge in [0.15, 0.2) is 11.5 Å². The Morgan fingerprint density at radius 2 is 1.79 bits per heavy atom. The quantitative estimate of drug-likeness (QED) is 0.327. The van der Waals surface area contributed by atoms with Gasteiger partial charge in [-0.1, -0.05) is 28.1 Å². The number of nitriles is 1. The van der Waals surface area contributed by atoms with E-state index in [4.69, 9.17) is 9.47 Å². The zero-order chi connectivity index (χ0) is 17.7. The Morgan fingerprint density at radius 1 is 1.21 bits per heavy atom. The number of hydrogen-bond acceptors (Lipinski definition) is 5. The summed E-state index contributed by atoms with van der Waals surface area (Å²) in [7, 11) is 2.84. The molecule has 2 aromatic carbocycles. The molecule has 0 spiro atoms. The molecule has 0 saturated heterocycles. The third-order valence-electron chi connectivity index (χ3n) is 3.31. The van der Waals surface area contributed by atoms with Crippen LogP contribution in [0, 0.1) is 21.4 Å². The summed E-state index contributed by atoms with van der Waals surface area (Å²) in [6.07, 6.45) is 1.46. The van der Waals surface area contributed by atoms with Crippen LogP contribution in [0.25, 0.3) is 11.6 Å². The predicted molar refractivity (Wildman–Crippen MR) is 93.8 cm³/mol. The van der Waals surface area contributed by atoms with Crippen molar-refractivity contribution in [2.45, 2.75) is 0 Å². The summed E-state index contributed by atoms with van der Waals surface area (Å²) in [6.45, 7) is 0. The third kappa shape index (κ3) is 3.73. The van der Waals surface area contributed by atoms with E-state index in [2.05, 4.69) is 22.0 Å². The Balaban J connectivity index is 2.62. The van der Waals surface area contributed by atoms with Crippen LogP contribution in [0.5, 0.6) is 11.5 Å². The first-order valence-corrected chi connectivity index (χ1v) is 7.57. The number of benzene rings is 2. The standard InChI is InChI=1S/C17H13BrN2O4/c1-23-16-8-12(15(20(21)22)9-17(16)24-2)7-13(10-19)11-3-5-14(18)6-4-11/h3-9H,1-2H3. The normalized spacial score (nSPS) is 10.8. The molecule has 0 bridgehead atoms. The zero-order valence-electron chi connectivity index (χ0n) is 12.9. The summed E-state index contributed by atoms with van der Waals surface area (Å²) in [4.78, 5) is 10.8. The van der Waals surface area contributed by atoms with Gasteiger partial charge in [-0.3, -0.25) is 10.1 Å². The van der Waals surface area contributed by atoms with Crippen LogP contribution in [-0.4, -0.2) is 19.1 Å². The summed E-state index contributed by atoms with van der Waals surface area (Å²) in [5, 5.41) is 20.7. The van der Waals surface area contributed by atoms with Gasteiger partial charge in [0.05, 0.1) is 42.4 Å². The van der Waals surface area contributed by atoms with Crippen molar-refractivity contribution >= 4 is 33.3 Å². The number of halogens is 1. The van der Waals surface area contributed by atoms with Gasteiger partial charge >= 0.3 is 0 Å². The molecule has 0 aliphatic rings. The van der Waals surface area contributed by atoms with E-state index in [9.17, 15) is 15.4 Å². The molecule has 0 aromatic heterocycles. The molecular formula is C17H13BrN2O4. The van der Waals surface area contributed by atoms with Crippen molar-refractivity contribution in [2.24, 2.45) is 0 Å². The first-order chi connectivity index (χ1) is 11.5. The van der Waals surface area contributed by atoms with Crippen molar-refractivity contribution in [2.75, 3.05) is 14.2 Å². The molecule has 0 amide bonds. The molecule has 0 atom stereocenters. The van der Waals surface area contributed by atoms with Crippen molar-refractivity contribution in [1.29, 1.82) is 5.26 Å². The third-order valence-corrected chi connectivity index (χ3v) is 3.83. The van der Waals surface area contributed by atoms with Crippen LogP contribution < -0.4 is 9.47 Å². The molecule has 6 nitrogen and oxygen atoms in total. The number of nitro groups is 1. The van der Waals surface area contributed by atoms with Crippen LogP contribution >= 0.6 is 15.9 Å². The van der Waals surface area contributed by atoms with Gasteiger partial charge in [-0.05, 0) is 29.8 Å². The van der Waals surface area contributed by atoms with E-state index >= 15 is 0 Å². The Hall–Kier alpha value is -2.85. The largest absolute Gasteiger partial charge is 0.493 e. The van der Waals surface area contributed by atoms with E-state index in [1.807, 2.05) is 0 Å². The highest BCUT2D eigenvalue weighted by Crippen LogP contribution is 2.36. The van der Waals surface area contributed by atoms with Crippen LogP contribution in [0.4, 0.5) is 5.69 Å².